The molecule has 6 nitrogen and oxygen atoms in total. The topological polar surface area (TPSA) is 74.8 Å². The average Bonchev–Trinajstić information content (AvgIpc) is 2.93. The number of hydrogen-bond acceptors (Lipinski definition) is 5. The van der Waals surface area contributed by atoms with E-state index in [1.54, 1.807) is 6.20 Å². The van der Waals surface area contributed by atoms with Crippen LogP contribution in [-0.4, -0.2) is 33.0 Å². The van der Waals surface area contributed by atoms with E-state index in [-0.39, 0.29) is 16.4 Å². The Morgan fingerprint density at radius 3 is 2.73 bits per heavy atom. The van der Waals surface area contributed by atoms with Gasteiger partial charge in [-0.15, -0.1) is 0 Å². The molecule has 0 amide bonds. The van der Waals surface area contributed by atoms with Crippen LogP contribution in [0.15, 0.2) is 17.2 Å². The Labute approximate surface area is 154 Å². The van der Waals surface area contributed by atoms with Crippen molar-refractivity contribution in [2.75, 3.05) is 18.0 Å². The third-order valence-corrected chi connectivity index (χ3v) is 5.72. The molecule has 1 unspecified atom stereocenters. The van der Waals surface area contributed by atoms with Crippen molar-refractivity contribution >= 4 is 5.82 Å². The summed E-state index contributed by atoms with van der Waals surface area (Å²) < 4.78 is 0. The van der Waals surface area contributed by atoms with Crippen LogP contribution in [0.1, 0.15) is 62.8 Å². The van der Waals surface area contributed by atoms with E-state index < -0.39 is 0 Å². The predicted molar refractivity (Wildman–Crippen MR) is 102 cm³/mol. The molecule has 1 N–H and O–H groups in total. The molecule has 4 rings (SSSR count). The van der Waals surface area contributed by atoms with Gasteiger partial charge in [0.05, 0.1) is 17.6 Å². The van der Waals surface area contributed by atoms with Gasteiger partial charge in [-0.05, 0) is 32.6 Å². The summed E-state index contributed by atoms with van der Waals surface area (Å²) in [6.45, 7) is 10.1. The molecule has 26 heavy (non-hydrogen) atoms. The summed E-state index contributed by atoms with van der Waals surface area (Å²) in [5, 5.41) is 0. The molecular weight excluding hydrogens is 326 g/mol. The van der Waals surface area contributed by atoms with E-state index in [1.165, 1.54) is 0 Å². The average molecular weight is 353 g/mol. The number of hydrogen-bond donors (Lipinski definition) is 1. The number of H-pyrrole nitrogens is 1. The van der Waals surface area contributed by atoms with Gasteiger partial charge in [0.2, 0.25) is 0 Å². The van der Waals surface area contributed by atoms with Gasteiger partial charge in [-0.3, -0.25) is 9.78 Å². The molecule has 0 bridgehead atoms. The molecule has 0 aromatic carbocycles. The van der Waals surface area contributed by atoms with Gasteiger partial charge in [0.25, 0.3) is 5.56 Å². The molecule has 0 radical (unpaired) electrons. The van der Waals surface area contributed by atoms with Crippen LogP contribution in [0.25, 0.3) is 0 Å². The third-order valence-electron chi connectivity index (χ3n) is 5.72. The van der Waals surface area contributed by atoms with Crippen LogP contribution < -0.4 is 10.5 Å². The number of piperidine rings is 1. The highest BCUT2D eigenvalue weighted by molar-refractivity contribution is 5.43. The summed E-state index contributed by atoms with van der Waals surface area (Å²) in [5.74, 6) is 1.72. The van der Waals surface area contributed by atoms with Crippen molar-refractivity contribution < 1.29 is 0 Å². The van der Waals surface area contributed by atoms with E-state index in [4.69, 9.17) is 4.98 Å². The van der Waals surface area contributed by atoms with Gasteiger partial charge in [-0.25, -0.2) is 9.97 Å². The lowest BCUT2D eigenvalue weighted by Gasteiger charge is -2.41. The fourth-order valence-corrected chi connectivity index (χ4v) is 4.33. The second kappa shape index (κ2) is 5.89. The van der Waals surface area contributed by atoms with Gasteiger partial charge < -0.3 is 9.88 Å². The Kier molecular flexibility index (Phi) is 3.90. The van der Waals surface area contributed by atoms with Crippen LogP contribution >= 0.6 is 0 Å². The molecular formula is C20H27N5O. The number of aromatic amines is 1. The minimum atomic E-state index is -0.172. The maximum Gasteiger partial charge on any atom is 0.254 e. The molecule has 2 aliphatic rings. The van der Waals surface area contributed by atoms with Crippen LogP contribution in [0.5, 0.6) is 0 Å². The fraction of sp³-hybridized carbons (Fsp3) is 0.600. The Hall–Kier alpha value is -2.24. The van der Waals surface area contributed by atoms with Crippen molar-refractivity contribution in [1.29, 1.82) is 0 Å². The summed E-state index contributed by atoms with van der Waals surface area (Å²) in [4.78, 5) is 32.0. The number of nitrogens with zero attached hydrogens (tertiary/aromatic N) is 4. The molecule has 1 saturated heterocycles. The smallest absolute Gasteiger partial charge is 0.254 e. The number of rotatable bonds is 1. The third kappa shape index (κ3) is 2.81. The molecule has 0 saturated carbocycles. The highest BCUT2D eigenvalue weighted by Gasteiger charge is 2.45. The molecule has 1 aliphatic carbocycles. The Balaban J connectivity index is 1.75. The van der Waals surface area contributed by atoms with Crippen LogP contribution in [0.3, 0.4) is 0 Å². The summed E-state index contributed by atoms with van der Waals surface area (Å²) in [6.07, 6.45) is 7.58. The summed E-state index contributed by atoms with van der Waals surface area (Å²) in [7, 11) is 0. The lowest BCUT2D eigenvalue weighted by molar-refractivity contribution is 0.331. The van der Waals surface area contributed by atoms with Gasteiger partial charge in [0.1, 0.15) is 11.6 Å². The SMILES string of the molecule is Cc1cncc(N2CCCC3(CCc4c3nc(C(C)(C)C)[nH]c4=O)C2)n1. The lowest BCUT2D eigenvalue weighted by Crippen LogP contribution is -2.46. The van der Waals surface area contributed by atoms with Gasteiger partial charge in [-0.2, -0.15) is 0 Å². The molecule has 138 valence electrons. The molecule has 1 spiro atoms. The van der Waals surface area contributed by atoms with Crippen molar-refractivity contribution in [3.63, 3.8) is 0 Å². The van der Waals surface area contributed by atoms with Gasteiger partial charge in [0, 0.05) is 35.7 Å². The molecule has 2 aromatic rings. The van der Waals surface area contributed by atoms with Gasteiger partial charge >= 0.3 is 0 Å². The normalized spacial score (nSPS) is 22.7. The van der Waals surface area contributed by atoms with Crippen LogP contribution in [0.4, 0.5) is 5.82 Å². The largest absolute Gasteiger partial charge is 0.354 e. The van der Waals surface area contributed by atoms with E-state index in [1.807, 2.05) is 13.1 Å². The number of aromatic nitrogens is 4. The molecule has 1 aliphatic heterocycles. The first-order chi connectivity index (χ1) is 12.3. The lowest BCUT2D eigenvalue weighted by atomic mass is 9.77. The zero-order valence-electron chi connectivity index (χ0n) is 16.1. The molecule has 6 heteroatoms. The van der Waals surface area contributed by atoms with Crippen molar-refractivity contribution in [1.82, 2.24) is 19.9 Å². The molecule has 3 heterocycles. The Morgan fingerprint density at radius 2 is 2.00 bits per heavy atom. The number of fused-ring (bicyclic) bond motifs is 2. The maximum absolute atomic E-state index is 12.7. The van der Waals surface area contributed by atoms with E-state index in [9.17, 15) is 4.79 Å². The quantitative estimate of drug-likeness (QED) is 0.853. The van der Waals surface area contributed by atoms with E-state index in [0.29, 0.717) is 0 Å². The maximum atomic E-state index is 12.7. The number of nitrogens with one attached hydrogen (secondary N) is 1. The zero-order valence-corrected chi connectivity index (χ0v) is 16.1. The zero-order chi connectivity index (χ0) is 18.5. The first-order valence-corrected chi connectivity index (χ1v) is 9.46. The standard InChI is InChI=1S/C20H27N5O/c1-13-10-21-11-15(22-13)25-9-5-7-20(12-25)8-6-14-16(20)23-18(19(2,3)4)24-17(14)26/h10-11H,5-9,12H2,1-4H3,(H,23,24,26). The van der Waals surface area contributed by atoms with Crippen LogP contribution in [0.2, 0.25) is 0 Å². The van der Waals surface area contributed by atoms with Crippen LogP contribution in [-0.2, 0) is 17.3 Å². The molecule has 1 atom stereocenters. The predicted octanol–water partition coefficient (Wildman–Crippen LogP) is 2.65. The van der Waals surface area contributed by atoms with Crippen molar-refractivity contribution in [3.8, 4) is 0 Å². The first-order valence-electron chi connectivity index (χ1n) is 9.46. The van der Waals surface area contributed by atoms with E-state index in [2.05, 4.69) is 40.6 Å². The fourth-order valence-electron chi connectivity index (χ4n) is 4.33. The number of aryl methyl sites for hydroxylation is 1. The summed E-state index contributed by atoms with van der Waals surface area (Å²) in [6, 6.07) is 0. The second-order valence-corrected chi connectivity index (χ2v) is 8.82. The Morgan fingerprint density at radius 1 is 1.19 bits per heavy atom. The monoisotopic (exact) mass is 353 g/mol. The van der Waals surface area contributed by atoms with E-state index >= 15 is 0 Å². The highest BCUT2D eigenvalue weighted by atomic mass is 16.1. The van der Waals surface area contributed by atoms with Crippen molar-refractivity contribution in [2.24, 2.45) is 0 Å². The molecule has 1 fully saturated rings. The van der Waals surface area contributed by atoms with E-state index in [0.717, 1.165) is 67.4 Å². The number of anilines is 1. The Bertz CT molecular complexity index is 898. The summed E-state index contributed by atoms with van der Waals surface area (Å²) >= 11 is 0. The summed E-state index contributed by atoms with van der Waals surface area (Å²) in [5.41, 5.74) is 2.66. The second-order valence-electron chi connectivity index (χ2n) is 8.82. The minimum absolute atomic E-state index is 0.0456. The highest BCUT2D eigenvalue weighted by Crippen LogP contribution is 2.44. The van der Waals surface area contributed by atoms with Gasteiger partial charge in [0.15, 0.2) is 0 Å². The van der Waals surface area contributed by atoms with Crippen molar-refractivity contribution in [3.05, 3.63) is 45.5 Å². The van der Waals surface area contributed by atoms with Gasteiger partial charge in [-0.1, -0.05) is 20.8 Å². The van der Waals surface area contributed by atoms with Crippen LogP contribution in [0, 0.1) is 6.92 Å². The van der Waals surface area contributed by atoms with Crippen molar-refractivity contribution in [2.45, 2.75) is 64.2 Å². The molecule has 2 aromatic heterocycles. The first kappa shape index (κ1) is 17.2. The minimum Gasteiger partial charge on any atom is -0.354 e.